The van der Waals surface area contributed by atoms with Gasteiger partial charge in [0.25, 0.3) is 0 Å². The maximum atomic E-state index is 13.1. The molecule has 3 saturated carbocycles. The third-order valence-corrected chi connectivity index (χ3v) is 22.0. The maximum Gasteiger partial charge on any atom is 0.241 e. The van der Waals surface area contributed by atoms with E-state index in [-0.39, 0.29) is 48.5 Å². The first-order valence-corrected chi connectivity index (χ1v) is 39.4. The van der Waals surface area contributed by atoms with Gasteiger partial charge in [-0.25, -0.2) is 47.8 Å². The highest BCUT2D eigenvalue weighted by molar-refractivity contribution is 5.84. The number of nitrogens with one attached hydrogen (secondary N) is 2. The number of rotatable bonds is 24. The Balaban J connectivity index is 0.000000143. The molecule has 0 amide bonds. The highest BCUT2D eigenvalue weighted by Crippen LogP contribution is 2.42. The number of piperidine rings is 2. The molecule has 1 unspecified atom stereocenters. The van der Waals surface area contributed by atoms with Crippen LogP contribution in [0.15, 0.2) is 91.8 Å². The number of aliphatic hydroxyl groups is 3. The van der Waals surface area contributed by atoms with E-state index in [1.807, 2.05) is 102 Å². The van der Waals surface area contributed by atoms with Crippen LogP contribution in [-0.4, -0.2) is 233 Å². The summed E-state index contributed by atoms with van der Waals surface area (Å²) in [6, 6.07) is 19.2. The molecule has 26 nitrogen and oxygen atoms in total. The molecule has 9 aromatic heterocycles. The van der Waals surface area contributed by atoms with Gasteiger partial charge in [0.15, 0.2) is 6.36 Å². The highest BCUT2D eigenvalue weighted by Gasteiger charge is 2.31. The lowest BCUT2D eigenvalue weighted by Gasteiger charge is -2.29. The minimum atomic E-state index is -1.28. The summed E-state index contributed by atoms with van der Waals surface area (Å²) in [5, 5.41) is 51.6. The Bertz CT molecular complexity index is 4160. The van der Waals surface area contributed by atoms with E-state index in [0.717, 1.165) is 215 Å². The molecule has 582 valence electrons. The summed E-state index contributed by atoms with van der Waals surface area (Å²) < 4.78 is 52.9. The van der Waals surface area contributed by atoms with E-state index in [1.54, 1.807) is 14.2 Å². The number of aliphatic hydroxyl groups excluding tert-OH is 3. The molecule has 6 aliphatic rings. The van der Waals surface area contributed by atoms with E-state index in [0.29, 0.717) is 86.7 Å². The number of likely N-dealkylation sites (tertiary alicyclic amines) is 2. The third kappa shape index (κ3) is 20.1. The van der Waals surface area contributed by atoms with Crippen molar-refractivity contribution in [3.63, 3.8) is 0 Å². The van der Waals surface area contributed by atoms with E-state index in [1.165, 1.54) is 6.92 Å². The minimum absolute atomic E-state index is 0.0921. The predicted octanol–water partition coefficient (Wildman–Crippen LogP) is 11.6. The summed E-state index contributed by atoms with van der Waals surface area (Å²) in [5.41, 5.74) is 12.7. The van der Waals surface area contributed by atoms with Gasteiger partial charge in [-0.2, -0.15) is 5.10 Å². The number of nitrogens with zero attached hydrogens (tertiary/aromatic N) is 15. The smallest absolute Gasteiger partial charge is 0.241 e. The number of halogens is 1. The van der Waals surface area contributed by atoms with Crippen molar-refractivity contribution in [2.24, 2.45) is 5.92 Å². The molecule has 3 aliphatic carbocycles. The summed E-state index contributed by atoms with van der Waals surface area (Å²) in [5.74, 6) is 5.22. The number of methoxy groups -OCH3 is 2. The summed E-state index contributed by atoms with van der Waals surface area (Å²) in [7, 11) is 7.65. The largest absolute Gasteiger partial charge is 0.473 e. The van der Waals surface area contributed by atoms with Crippen molar-refractivity contribution in [2.75, 3.05) is 116 Å². The van der Waals surface area contributed by atoms with E-state index in [9.17, 15) is 19.7 Å². The van der Waals surface area contributed by atoms with E-state index in [2.05, 4.69) is 93.6 Å². The Morgan fingerprint density at radius 3 is 1.34 bits per heavy atom. The van der Waals surface area contributed by atoms with Gasteiger partial charge in [0, 0.05) is 141 Å². The van der Waals surface area contributed by atoms with Crippen LogP contribution in [0.25, 0.3) is 49.9 Å². The number of hydrogen-bond acceptors (Lipinski definition) is 23. The standard InChI is InChI=1S/C27H36FN5O3.2C27H38N6O3/c1-18(17-36-19(2)28)13-26-30-16-25-23(15-24(33(25)31-26)20-3-5-22(34)6-4-20)21-7-8-29-27(14-21)32-9-11-35-12-10-32;2*1-18(17-35-3)30-27-29-15-25-23(14-24(33(25)31-27)19-6-8-21(34)9-7-19)20-10-11-28-26(13-20)36-22-5-4-12-32(2)16-22/h7-8,14-16,18-20,22,34H,3-6,9-13,17H2,1-2H3;2*10-11,13-15,18-19,21-22,34H,4-9,12,16-17H2,1-3H3,(H,30,31)/t18-,19?,20?,22?;18-,19?,21?,22+;18-,19?,21?,22-/m100/s1. The molecule has 27 heteroatoms. The van der Waals surface area contributed by atoms with E-state index >= 15 is 0 Å². The van der Waals surface area contributed by atoms with Crippen LogP contribution in [0.1, 0.15) is 171 Å². The van der Waals surface area contributed by atoms with Crippen molar-refractivity contribution in [1.29, 1.82) is 0 Å². The normalized spacial score (nSPS) is 23.6. The van der Waals surface area contributed by atoms with Crippen molar-refractivity contribution < 1.29 is 48.1 Å². The first kappa shape index (κ1) is 78.0. The van der Waals surface area contributed by atoms with Crippen LogP contribution in [0.5, 0.6) is 11.8 Å². The molecule has 15 rings (SSSR count). The van der Waals surface area contributed by atoms with Crippen molar-refractivity contribution >= 4 is 34.3 Å². The Labute approximate surface area is 633 Å². The van der Waals surface area contributed by atoms with Crippen LogP contribution >= 0.6 is 0 Å². The number of alkyl halides is 1. The van der Waals surface area contributed by atoms with Gasteiger partial charge in [-0.1, -0.05) is 6.92 Å². The van der Waals surface area contributed by atoms with Crippen LogP contribution in [0.2, 0.25) is 0 Å². The Kier molecular flexibility index (Phi) is 26.8. The second-order valence-corrected chi connectivity index (χ2v) is 30.9. The van der Waals surface area contributed by atoms with Crippen LogP contribution in [0, 0.1) is 5.92 Å². The molecular formula is C81H112FN17O9. The second-order valence-electron chi connectivity index (χ2n) is 30.9. The van der Waals surface area contributed by atoms with E-state index < -0.39 is 6.36 Å². The first-order valence-electron chi connectivity index (χ1n) is 39.4. The van der Waals surface area contributed by atoms with Crippen LogP contribution < -0.4 is 25.0 Å². The molecule has 0 radical (unpaired) electrons. The van der Waals surface area contributed by atoms with Gasteiger partial charge in [0.05, 0.1) is 86.5 Å². The number of anilines is 3. The fourth-order valence-electron chi connectivity index (χ4n) is 16.3. The number of likely N-dealkylation sites (N-methyl/N-ethyl adjacent to an activating group) is 2. The lowest BCUT2D eigenvalue weighted by atomic mass is 9.85. The summed E-state index contributed by atoms with van der Waals surface area (Å²) in [6.07, 6.45) is 25.1. The zero-order chi connectivity index (χ0) is 75.2. The minimum Gasteiger partial charge on any atom is -0.473 e. The molecule has 6 atom stereocenters. The molecule has 12 heterocycles. The van der Waals surface area contributed by atoms with E-state index in [4.69, 9.17) is 43.7 Å². The Hall–Kier alpha value is -8.12. The lowest BCUT2D eigenvalue weighted by molar-refractivity contribution is -0.0382. The molecule has 108 heavy (non-hydrogen) atoms. The Morgan fingerprint density at radius 1 is 0.500 bits per heavy atom. The Morgan fingerprint density at radius 2 is 0.917 bits per heavy atom. The average molecular weight is 1490 g/mol. The van der Waals surface area contributed by atoms with Crippen LogP contribution in [-0.2, 0) is 25.4 Å². The van der Waals surface area contributed by atoms with Crippen molar-refractivity contribution in [2.45, 2.75) is 204 Å². The van der Waals surface area contributed by atoms with Gasteiger partial charge in [0.1, 0.15) is 23.9 Å². The number of aromatic nitrogens is 12. The van der Waals surface area contributed by atoms with Gasteiger partial charge >= 0.3 is 0 Å². The SMILES string of the molecule is CC(F)OC[C@H](C)Cc1ncc2c(-c3ccnc(N4CCOCC4)c3)cc(C3CCC(O)CC3)n2n1.COC[C@H](C)Nc1ncc2c(-c3ccnc(O[C@@H]4CCCN(C)C4)c3)cc(C3CCC(O)CC3)n2n1.COC[C@H](C)Nc1ncc2c(-c3ccnc(O[C@H]4CCCN(C)C4)c3)cc(C3CCC(O)CC3)n2n1. The molecule has 0 bridgehead atoms. The lowest BCUT2D eigenvalue weighted by Crippen LogP contribution is -2.38. The molecule has 6 fully saturated rings. The van der Waals surface area contributed by atoms with Gasteiger partial charge in [-0.05, 0) is 216 Å². The predicted molar refractivity (Wildman–Crippen MR) is 415 cm³/mol. The van der Waals surface area contributed by atoms with Crippen LogP contribution in [0.3, 0.4) is 0 Å². The number of hydrogen-bond donors (Lipinski definition) is 5. The van der Waals surface area contributed by atoms with Gasteiger partial charge in [0.2, 0.25) is 23.7 Å². The van der Waals surface area contributed by atoms with Crippen molar-refractivity contribution in [1.82, 2.24) is 68.5 Å². The highest BCUT2D eigenvalue weighted by atomic mass is 19.1. The fraction of sp³-hybridized carbons (Fsp3) is 0.593. The quantitative estimate of drug-likeness (QED) is 0.0376. The van der Waals surface area contributed by atoms with Gasteiger partial charge < -0.3 is 69.1 Å². The summed E-state index contributed by atoms with van der Waals surface area (Å²) in [6.45, 7) is 16.1. The van der Waals surface area contributed by atoms with Crippen molar-refractivity contribution in [3.05, 3.63) is 115 Å². The number of ether oxygens (including phenoxy) is 6. The second kappa shape index (κ2) is 37.1. The van der Waals surface area contributed by atoms with Gasteiger partial charge in [-0.3, -0.25) is 0 Å². The fourth-order valence-corrected chi connectivity index (χ4v) is 16.3. The molecule has 3 aliphatic heterocycles. The number of pyridine rings is 3. The zero-order valence-corrected chi connectivity index (χ0v) is 64.3. The number of morpholine rings is 1. The third-order valence-electron chi connectivity index (χ3n) is 22.0. The number of fused-ring (bicyclic) bond motifs is 3. The maximum absolute atomic E-state index is 13.1. The van der Waals surface area contributed by atoms with Crippen molar-refractivity contribution in [3.8, 4) is 45.1 Å². The summed E-state index contributed by atoms with van der Waals surface area (Å²) >= 11 is 0. The van der Waals surface area contributed by atoms with Crippen LogP contribution in [0.4, 0.5) is 22.1 Å². The first-order chi connectivity index (χ1) is 52.5. The monoisotopic (exact) mass is 1490 g/mol. The topological polar surface area (TPSA) is 279 Å². The molecule has 0 spiro atoms. The molecule has 9 aromatic rings. The molecule has 5 N–H and O–H groups in total. The molecule has 0 aromatic carbocycles. The molecular weight excluding hydrogens is 1370 g/mol. The average Bonchev–Trinajstić information content (AvgIpc) is 1.63. The summed E-state index contributed by atoms with van der Waals surface area (Å²) in [4.78, 5) is 34.4. The van der Waals surface area contributed by atoms with Gasteiger partial charge in [-0.15, -0.1) is 10.2 Å². The zero-order valence-electron chi connectivity index (χ0n) is 64.3. The molecule has 3 saturated heterocycles.